The number of aromatic nitrogens is 1. The van der Waals surface area contributed by atoms with Crippen molar-refractivity contribution in [3.05, 3.63) is 105 Å². The summed E-state index contributed by atoms with van der Waals surface area (Å²) < 4.78 is 19.5. The van der Waals surface area contributed by atoms with Gasteiger partial charge in [-0.25, -0.2) is 9.37 Å². The van der Waals surface area contributed by atoms with Crippen LogP contribution in [0.15, 0.2) is 66.7 Å². The second kappa shape index (κ2) is 9.98. The van der Waals surface area contributed by atoms with Gasteiger partial charge in [-0.2, -0.15) is 0 Å². The third-order valence-electron chi connectivity index (χ3n) is 7.13. The Morgan fingerprint density at radius 2 is 1.81 bits per heavy atom. The molecule has 0 amide bonds. The van der Waals surface area contributed by atoms with Crippen molar-refractivity contribution in [3.63, 3.8) is 0 Å². The highest BCUT2D eigenvalue weighted by Crippen LogP contribution is 2.47. The van der Waals surface area contributed by atoms with Gasteiger partial charge in [0, 0.05) is 33.0 Å². The molecule has 3 aromatic carbocycles. The first-order valence-electron chi connectivity index (χ1n) is 11.9. The van der Waals surface area contributed by atoms with E-state index in [1.165, 1.54) is 12.1 Å². The zero-order valence-corrected chi connectivity index (χ0v) is 21.6. The molecular weight excluding hydrogens is 498 g/mol. The molecular formula is C29H27Cl2FN2O2. The first-order valence-corrected chi connectivity index (χ1v) is 12.6. The van der Waals surface area contributed by atoms with Gasteiger partial charge in [-0.1, -0.05) is 41.4 Å². The molecule has 7 heteroatoms. The van der Waals surface area contributed by atoms with E-state index in [-0.39, 0.29) is 11.9 Å². The lowest BCUT2D eigenvalue weighted by molar-refractivity contribution is -0.0197. The molecule has 5 rings (SSSR count). The summed E-state index contributed by atoms with van der Waals surface area (Å²) in [6, 6.07) is 19.7. The Labute approximate surface area is 220 Å². The summed E-state index contributed by atoms with van der Waals surface area (Å²) in [6.45, 7) is 2.49. The van der Waals surface area contributed by atoms with E-state index in [1.807, 2.05) is 49.4 Å². The maximum absolute atomic E-state index is 13.8. The zero-order chi connectivity index (χ0) is 25.4. The van der Waals surface area contributed by atoms with Gasteiger partial charge in [0.15, 0.2) is 0 Å². The number of benzene rings is 3. The Morgan fingerprint density at radius 3 is 2.53 bits per heavy atom. The highest BCUT2D eigenvalue weighted by Gasteiger charge is 2.44. The summed E-state index contributed by atoms with van der Waals surface area (Å²) in [5, 5.41) is 18.0. The van der Waals surface area contributed by atoms with Gasteiger partial charge < -0.3 is 15.2 Å². The van der Waals surface area contributed by atoms with Crippen LogP contribution in [0.1, 0.15) is 47.1 Å². The first-order chi connectivity index (χ1) is 17.3. The van der Waals surface area contributed by atoms with Crippen LogP contribution < -0.4 is 10.1 Å². The van der Waals surface area contributed by atoms with E-state index in [0.29, 0.717) is 35.3 Å². The topological polar surface area (TPSA) is 54.4 Å². The standard InChI is InChI=1S/C29H27Cl2FN2O2/c1-17-13-22(32)8-9-23(17)26-16-29(35,11-12-33-26)27(18-3-5-20(30)6-4-18)24-15-19-14-21(31)7-10-25(19)34-28(24)36-2/h3-10,13-15,26-27,33,35H,11-12,16H2,1-2H3/t26-,27?,29?/m1/s1. The molecule has 4 nitrogen and oxygen atoms in total. The van der Waals surface area contributed by atoms with Gasteiger partial charge in [-0.15, -0.1) is 0 Å². The summed E-state index contributed by atoms with van der Waals surface area (Å²) in [4.78, 5) is 4.75. The minimum atomic E-state index is -1.15. The molecule has 1 aliphatic heterocycles. The molecule has 0 spiro atoms. The van der Waals surface area contributed by atoms with Crippen molar-refractivity contribution in [1.29, 1.82) is 0 Å². The van der Waals surface area contributed by atoms with Crippen molar-refractivity contribution < 1.29 is 14.2 Å². The molecule has 36 heavy (non-hydrogen) atoms. The molecule has 4 aromatic rings. The number of nitrogens with one attached hydrogen (secondary N) is 1. The van der Waals surface area contributed by atoms with Crippen molar-refractivity contribution in [1.82, 2.24) is 10.3 Å². The number of aryl methyl sites for hydroxylation is 1. The number of fused-ring (bicyclic) bond motifs is 1. The van der Waals surface area contributed by atoms with Crippen molar-refractivity contribution in [2.75, 3.05) is 13.7 Å². The van der Waals surface area contributed by atoms with Crippen LogP contribution in [0.5, 0.6) is 5.88 Å². The van der Waals surface area contributed by atoms with Gasteiger partial charge in [0.2, 0.25) is 5.88 Å². The Bertz CT molecular complexity index is 1410. The van der Waals surface area contributed by atoms with Gasteiger partial charge in [-0.05, 0) is 91.5 Å². The average Bonchev–Trinajstić information content (AvgIpc) is 2.85. The molecule has 3 atom stereocenters. The highest BCUT2D eigenvalue weighted by molar-refractivity contribution is 6.31. The summed E-state index contributed by atoms with van der Waals surface area (Å²) in [5.41, 5.74) is 3.10. The van der Waals surface area contributed by atoms with Crippen LogP contribution >= 0.6 is 23.2 Å². The van der Waals surface area contributed by atoms with Crippen molar-refractivity contribution >= 4 is 34.1 Å². The van der Waals surface area contributed by atoms with Gasteiger partial charge in [0.05, 0.1) is 18.2 Å². The lowest BCUT2D eigenvalue weighted by Gasteiger charge is -2.44. The van der Waals surface area contributed by atoms with Gasteiger partial charge in [0.1, 0.15) is 5.82 Å². The summed E-state index contributed by atoms with van der Waals surface area (Å²) >= 11 is 12.5. The smallest absolute Gasteiger partial charge is 0.217 e. The quantitative estimate of drug-likeness (QED) is 0.295. The molecule has 0 bridgehead atoms. The van der Waals surface area contributed by atoms with E-state index in [2.05, 4.69) is 5.32 Å². The predicted molar refractivity (Wildman–Crippen MR) is 143 cm³/mol. The minimum Gasteiger partial charge on any atom is -0.481 e. The number of halogens is 3. The first kappa shape index (κ1) is 25.0. The van der Waals surface area contributed by atoms with E-state index in [0.717, 1.165) is 33.2 Å². The SMILES string of the molecule is COc1nc2ccc(Cl)cc2cc1C(c1ccc(Cl)cc1)C1(O)CCN[C@@H](c2ccc(F)cc2C)C1. The largest absolute Gasteiger partial charge is 0.481 e. The number of ether oxygens (including phenoxy) is 1. The van der Waals surface area contributed by atoms with Crippen molar-refractivity contribution in [2.45, 2.75) is 37.3 Å². The molecule has 2 unspecified atom stereocenters. The zero-order valence-electron chi connectivity index (χ0n) is 20.1. The number of hydrogen-bond donors (Lipinski definition) is 2. The second-order valence-corrected chi connectivity index (χ2v) is 10.3. The normalized spacial score (nSPS) is 20.9. The lowest BCUT2D eigenvalue weighted by atomic mass is 9.70. The van der Waals surface area contributed by atoms with Gasteiger partial charge in [-0.3, -0.25) is 0 Å². The summed E-state index contributed by atoms with van der Waals surface area (Å²) in [5.74, 6) is -0.274. The van der Waals surface area contributed by atoms with Crippen LogP contribution in [0.3, 0.4) is 0 Å². The maximum atomic E-state index is 13.8. The van der Waals surface area contributed by atoms with E-state index < -0.39 is 11.5 Å². The molecule has 186 valence electrons. The van der Waals surface area contributed by atoms with E-state index in [9.17, 15) is 9.50 Å². The van der Waals surface area contributed by atoms with Crippen LogP contribution in [0.2, 0.25) is 10.0 Å². The Kier molecular flexibility index (Phi) is 6.92. The number of aliphatic hydroxyl groups is 1. The number of nitrogens with zero attached hydrogens (tertiary/aromatic N) is 1. The van der Waals surface area contributed by atoms with Crippen LogP contribution in [-0.2, 0) is 0 Å². The molecule has 0 radical (unpaired) electrons. The Balaban J connectivity index is 1.66. The van der Waals surface area contributed by atoms with Crippen LogP contribution in [0.4, 0.5) is 4.39 Å². The number of methoxy groups -OCH3 is 1. The fraction of sp³-hybridized carbons (Fsp3) is 0.276. The van der Waals surface area contributed by atoms with Gasteiger partial charge in [0.25, 0.3) is 0 Å². The van der Waals surface area contributed by atoms with Gasteiger partial charge >= 0.3 is 0 Å². The highest BCUT2D eigenvalue weighted by atomic mass is 35.5. The fourth-order valence-electron chi connectivity index (χ4n) is 5.45. The van der Waals surface area contributed by atoms with Crippen LogP contribution in [-0.4, -0.2) is 29.3 Å². The summed E-state index contributed by atoms with van der Waals surface area (Å²) in [7, 11) is 1.59. The lowest BCUT2D eigenvalue weighted by Crippen LogP contribution is -2.48. The van der Waals surface area contributed by atoms with E-state index >= 15 is 0 Å². The minimum absolute atomic E-state index is 0.145. The fourth-order valence-corrected chi connectivity index (χ4v) is 5.76. The number of pyridine rings is 1. The maximum Gasteiger partial charge on any atom is 0.217 e. The Hall–Kier alpha value is -2.70. The molecule has 0 aliphatic carbocycles. The molecule has 1 saturated heterocycles. The number of piperidine rings is 1. The third kappa shape index (κ3) is 4.81. The number of rotatable bonds is 5. The van der Waals surface area contributed by atoms with Crippen molar-refractivity contribution in [3.8, 4) is 5.88 Å². The number of hydrogen-bond acceptors (Lipinski definition) is 4. The summed E-state index contributed by atoms with van der Waals surface area (Å²) in [6.07, 6.45) is 0.928. The van der Waals surface area contributed by atoms with Crippen LogP contribution in [0.25, 0.3) is 10.9 Å². The molecule has 1 aromatic heterocycles. The molecule has 1 fully saturated rings. The Morgan fingerprint density at radius 1 is 1.06 bits per heavy atom. The molecule has 0 saturated carbocycles. The monoisotopic (exact) mass is 524 g/mol. The third-order valence-corrected chi connectivity index (χ3v) is 7.62. The second-order valence-electron chi connectivity index (χ2n) is 9.47. The van der Waals surface area contributed by atoms with E-state index in [1.54, 1.807) is 19.2 Å². The predicted octanol–water partition coefficient (Wildman–Crippen LogP) is 6.99. The van der Waals surface area contributed by atoms with Crippen molar-refractivity contribution in [2.24, 2.45) is 0 Å². The molecule has 1 aliphatic rings. The van der Waals surface area contributed by atoms with Crippen LogP contribution in [0, 0.1) is 12.7 Å². The molecule has 2 N–H and O–H groups in total. The van der Waals surface area contributed by atoms with E-state index in [4.69, 9.17) is 32.9 Å². The molecule has 2 heterocycles. The average molecular weight is 525 g/mol.